The maximum atomic E-state index is 12.4. The number of nitrogens with zero attached hydrogens (tertiary/aromatic N) is 3. The molecular weight excluding hydrogens is 348 g/mol. The van der Waals surface area contributed by atoms with Gasteiger partial charge in [-0.2, -0.15) is 0 Å². The van der Waals surface area contributed by atoms with Crippen LogP contribution in [-0.2, 0) is 7.05 Å². The van der Waals surface area contributed by atoms with Crippen LogP contribution in [0.25, 0.3) is 0 Å². The summed E-state index contributed by atoms with van der Waals surface area (Å²) in [6.07, 6.45) is 7.83. The summed E-state index contributed by atoms with van der Waals surface area (Å²) in [5.74, 6) is -1.11. The lowest BCUT2D eigenvalue weighted by Crippen LogP contribution is -2.45. The molecular formula is C18H22N6O3. The van der Waals surface area contributed by atoms with Crippen LogP contribution >= 0.6 is 0 Å². The standard InChI is InChI=1S/C18H22N6O3/c1-24-9-15(21-10-24)18(27)23-13-4-2-3-12(7-13)22-17(26)11-5-6-14(16(19)25)20-8-11/h5-6,8-10,12-13H,2-4,7H2,1H3,(H2,19,25)(H,22,26)(H,23,27). The Balaban J connectivity index is 1.55. The first kappa shape index (κ1) is 18.6. The van der Waals surface area contributed by atoms with E-state index in [4.69, 9.17) is 5.73 Å². The Morgan fingerprint density at radius 1 is 1.07 bits per heavy atom. The SMILES string of the molecule is Cn1cnc(C(=O)NC2CCCC(NC(=O)c3ccc(C(N)=O)nc3)C2)c1. The quantitative estimate of drug-likeness (QED) is 0.700. The molecule has 0 aromatic carbocycles. The third kappa shape index (κ3) is 4.69. The summed E-state index contributed by atoms with van der Waals surface area (Å²) < 4.78 is 1.72. The van der Waals surface area contributed by atoms with Gasteiger partial charge in [-0.25, -0.2) is 4.98 Å². The Morgan fingerprint density at radius 2 is 1.78 bits per heavy atom. The van der Waals surface area contributed by atoms with Crippen molar-refractivity contribution in [3.63, 3.8) is 0 Å². The first-order valence-electron chi connectivity index (χ1n) is 8.78. The van der Waals surface area contributed by atoms with E-state index in [0.717, 1.165) is 19.3 Å². The molecule has 4 N–H and O–H groups in total. The van der Waals surface area contributed by atoms with Crippen LogP contribution in [0.3, 0.4) is 0 Å². The largest absolute Gasteiger partial charge is 0.364 e. The molecule has 1 aliphatic carbocycles. The van der Waals surface area contributed by atoms with Gasteiger partial charge in [0.15, 0.2) is 0 Å². The first-order valence-corrected chi connectivity index (χ1v) is 8.78. The van der Waals surface area contributed by atoms with Crippen LogP contribution in [0.5, 0.6) is 0 Å². The van der Waals surface area contributed by atoms with Crippen molar-refractivity contribution in [2.75, 3.05) is 0 Å². The first-order chi connectivity index (χ1) is 12.9. The molecule has 2 heterocycles. The van der Waals surface area contributed by atoms with Crippen molar-refractivity contribution in [2.24, 2.45) is 12.8 Å². The van der Waals surface area contributed by atoms with Crippen molar-refractivity contribution in [3.8, 4) is 0 Å². The summed E-state index contributed by atoms with van der Waals surface area (Å²) in [4.78, 5) is 43.6. The van der Waals surface area contributed by atoms with Gasteiger partial charge in [0.05, 0.1) is 11.9 Å². The van der Waals surface area contributed by atoms with Gasteiger partial charge in [0.25, 0.3) is 17.7 Å². The minimum absolute atomic E-state index is 0.0195. The Hall–Kier alpha value is -3.23. The maximum Gasteiger partial charge on any atom is 0.271 e. The number of nitrogens with two attached hydrogens (primary N) is 1. The van der Waals surface area contributed by atoms with Crippen molar-refractivity contribution in [3.05, 3.63) is 47.8 Å². The van der Waals surface area contributed by atoms with E-state index in [1.807, 2.05) is 0 Å². The van der Waals surface area contributed by atoms with E-state index in [0.29, 0.717) is 17.7 Å². The molecule has 27 heavy (non-hydrogen) atoms. The number of imidazole rings is 1. The monoisotopic (exact) mass is 370 g/mol. The number of hydrogen-bond donors (Lipinski definition) is 3. The van der Waals surface area contributed by atoms with Crippen LogP contribution in [0, 0.1) is 0 Å². The Labute approximate surface area is 156 Å². The lowest BCUT2D eigenvalue weighted by molar-refractivity contribution is 0.0898. The van der Waals surface area contributed by atoms with Gasteiger partial charge in [-0.15, -0.1) is 0 Å². The van der Waals surface area contributed by atoms with Gasteiger partial charge in [-0.05, 0) is 37.8 Å². The van der Waals surface area contributed by atoms with Gasteiger partial charge >= 0.3 is 0 Å². The fourth-order valence-corrected chi connectivity index (χ4v) is 3.18. The van der Waals surface area contributed by atoms with Gasteiger partial charge in [0.1, 0.15) is 11.4 Å². The van der Waals surface area contributed by atoms with Crippen molar-refractivity contribution >= 4 is 17.7 Å². The van der Waals surface area contributed by atoms with E-state index in [1.54, 1.807) is 24.1 Å². The summed E-state index contributed by atoms with van der Waals surface area (Å²) in [6, 6.07) is 2.88. The Morgan fingerprint density at radius 3 is 2.33 bits per heavy atom. The second-order valence-corrected chi connectivity index (χ2v) is 6.73. The normalized spacial score (nSPS) is 19.3. The van der Waals surface area contributed by atoms with E-state index in [1.165, 1.54) is 18.3 Å². The molecule has 3 amide bonds. The summed E-state index contributed by atoms with van der Waals surface area (Å²) in [7, 11) is 1.81. The van der Waals surface area contributed by atoms with E-state index in [2.05, 4.69) is 20.6 Å². The van der Waals surface area contributed by atoms with Crippen LogP contribution in [0.4, 0.5) is 0 Å². The number of amides is 3. The molecule has 0 spiro atoms. The molecule has 1 fully saturated rings. The lowest BCUT2D eigenvalue weighted by Gasteiger charge is -2.30. The van der Waals surface area contributed by atoms with Gasteiger partial charge in [0.2, 0.25) is 0 Å². The fraction of sp³-hybridized carbons (Fsp3) is 0.389. The highest BCUT2D eigenvalue weighted by atomic mass is 16.2. The number of aryl methyl sites for hydroxylation is 1. The number of carbonyl (C=O) groups is 3. The summed E-state index contributed by atoms with van der Waals surface area (Å²) in [6.45, 7) is 0. The molecule has 0 bridgehead atoms. The second-order valence-electron chi connectivity index (χ2n) is 6.73. The average Bonchev–Trinajstić information content (AvgIpc) is 3.08. The zero-order valence-electron chi connectivity index (χ0n) is 15.0. The predicted molar refractivity (Wildman–Crippen MR) is 96.9 cm³/mol. The molecule has 0 radical (unpaired) electrons. The molecule has 2 aromatic heterocycles. The fourth-order valence-electron chi connectivity index (χ4n) is 3.18. The minimum atomic E-state index is -0.638. The highest BCUT2D eigenvalue weighted by molar-refractivity contribution is 5.96. The number of carbonyl (C=O) groups excluding carboxylic acids is 3. The third-order valence-corrected chi connectivity index (χ3v) is 4.56. The average molecular weight is 370 g/mol. The van der Waals surface area contributed by atoms with Crippen molar-refractivity contribution in [1.82, 2.24) is 25.2 Å². The number of primary amides is 1. The summed E-state index contributed by atoms with van der Waals surface area (Å²) >= 11 is 0. The van der Waals surface area contributed by atoms with E-state index in [-0.39, 0.29) is 29.6 Å². The number of pyridine rings is 1. The molecule has 2 aromatic rings. The molecule has 0 aliphatic heterocycles. The number of rotatable bonds is 5. The topological polar surface area (TPSA) is 132 Å². The Bertz CT molecular complexity index is 845. The Kier molecular flexibility index (Phi) is 5.49. The highest BCUT2D eigenvalue weighted by Gasteiger charge is 2.25. The maximum absolute atomic E-state index is 12.4. The van der Waals surface area contributed by atoms with Crippen LogP contribution in [0.1, 0.15) is 57.0 Å². The molecule has 1 aliphatic rings. The number of hydrogen-bond acceptors (Lipinski definition) is 5. The van der Waals surface area contributed by atoms with Crippen LogP contribution in [0.2, 0.25) is 0 Å². The molecule has 2 unspecified atom stereocenters. The molecule has 1 saturated carbocycles. The molecule has 2 atom stereocenters. The number of nitrogens with one attached hydrogen (secondary N) is 2. The molecule has 3 rings (SSSR count). The molecule has 9 nitrogen and oxygen atoms in total. The lowest BCUT2D eigenvalue weighted by atomic mass is 9.90. The third-order valence-electron chi connectivity index (χ3n) is 4.56. The van der Waals surface area contributed by atoms with Crippen LogP contribution < -0.4 is 16.4 Å². The van der Waals surface area contributed by atoms with Gasteiger partial charge in [-0.1, -0.05) is 0 Å². The van der Waals surface area contributed by atoms with E-state index in [9.17, 15) is 14.4 Å². The zero-order valence-corrected chi connectivity index (χ0v) is 15.0. The van der Waals surface area contributed by atoms with Crippen LogP contribution in [-0.4, -0.2) is 44.3 Å². The zero-order chi connectivity index (χ0) is 19.4. The molecule has 9 heteroatoms. The van der Waals surface area contributed by atoms with Crippen molar-refractivity contribution in [2.45, 2.75) is 37.8 Å². The number of aromatic nitrogens is 3. The van der Waals surface area contributed by atoms with Crippen molar-refractivity contribution < 1.29 is 14.4 Å². The van der Waals surface area contributed by atoms with Crippen molar-refractivity contribution in [1.29, 1.82) is 0 Å². The van der Waals surface area contributed by atoms with Gasteiger partial charge in [-0.3, -0.25) is 19.4 Å². The van der Waals surface area contributed by atoms with Gasteiger partial charge < -0.3 is 20.9 Å². The molecule has 142 valence electrons. The van der Waals surface area contributed by atoms with Crippen LogP contribution in [0.15, 0.2) is 30.9 Å². The minimum Gasteiger partial charge on any atom is -0.364 e. The second kappa shape index (κ2) is 7.98. The summed E-state index contributed by atoms with van der Waals surface area (Å²) in [5, 5.41) is 5.95. The smallest absolute Gasteiger partial charge is 0.271 e. The predicted octanol–water partition coefficient (Wildman–Crippen LogP) is 0.385. The van der Waals surface area contributed by atoms with E-state index >= 15 is 0 Å². The van der Waals surface area contributed by atoms with E-state index < -0.39 is 5.91 Å². The highest BCUT2D eigenvalue weighted by Crippen LogP contribution is 2.19. The molecule has 0 saturated heterocycles. The summed E-state index contributed by atoms with van der Waals surface area (Å²) in [5.41, 5.74) is 6.00. The van der Waals surface area contributed by atoms with Gasteiger partial charge in [0, 0.05) is 31.5 Å².